The Labute approximate surface area is 105 Å². The number of rotatable bonds is 4. The van der Waals surface area contributed by atoms with Gasteiger partial charge in [-0.1, -0.05) is 6.07 Å². The van der Waals surface area contributed by atoms with Gasteiger partial charge in [-0.25, -0.2) is 9.18 Å². The first-order chi connectivity index (χ1) is 8.52. The number of hydrogen-bond acceptors (Lipinski definition) is 3. The molecule has 4 nitrogen and oxygen atoms in total. The normalized spacial score (nSPS) is 10.0. The Morgan fingerprint density at radius 1 is 1.33 bits per heavy atom. The second kappa shape index (κ2) is 6.14. The molecule has 0 spiro atoms. The molecule has 18 heavy (non-hydrogen) atoms. The van der Waals surface area contributed by atoms with Gasteiger partial charge in [0.25, 0.3) is 0 Å². The van der Waals surface area contributed by atoms with Gasteiger partial charge >= 0.3 is 5.97 Å². The Bertz CT molecular complexity index is 460. The van der Waals surface area contributed by atoms with E-state index in [1.807, 2.05) is 0 Å². The molecule has 1 rings (SSSR count). The van der Waals surface area contributed by atoms with Gasteiger partial charge in [0.2, 0.25) is 5.91 Å². The van der Waals surface area contributed by atoms with Crippen LogP contribution in [0.25, 0.3) is 0 Å². The number of amides is 1. The fourth-order valence-electron chi connectivity index (χ4n) is 1.66. The molecule has 1 aromatic rings. The minimum Gasteiger partial charge on any atom is -0.462 e. The van der Waals surface area contributed by atoms with Crippen molar-refractivity contribution in [1.82, 2.24) is 0 Å². The van der Waals surface area contributed by atoms with Crippen molar-refractivity contribution in [3.05, 3.63) is 29.6 Å². The Balaban J connectivity index is 3.20. The average Bonchev–Trinajstić information content (AvgIpc) is 2.32. The topological polar surface area (TPSA) is 46.6 Å². The number of nitrogens with zero attached hydrogens (tertiary/aromatic N) is 1. The first kappa shape index (κ1) is 14.2. The highest BCUT2D eigenvalue weighted by Crippen LogP contribution is 2.23. The zero-order valence-electron chi connectivity index (χ0n) is 10.7. The van der Waals surface area contributed by atoms with Gasteiger partial charge in [-0.3, -0.25) is 4.79 Å². The van der Waals surface area contributed by atoms with Crippen molar-refractivity contribution in [3.63, 3.8) is 0 Å². The van der Waals surface area contributed by atoms with Crippen LogP contribution in [0.4, 0.5) is 10.1 Å². The van der Waals surface area contributed by atoms with Gasteiger partial charge < -0.3 is 9.64 Å². The highest BCUT2D eigenvalue weighted by atomic mass is 19.1. The molecule has 0 aromatic heterocycles. The van der Waals surface area contributed by atoms with Crippen LogP contribution >= 0.6 is 0 Å². The fourth-order valence-corrected chi connectivity index (χ4v) is 1.66. The second-order valence-corrected chi connectivity index (χ2v) is 3.62. The summed E-state index contributed by atoms with van der Waals surface area (Å²) in [6, 6.07) is 4.32. The van der Waals surface area contributed by atoms with Gasteiger partial charge in [0.1, 0.15) is 0 Å². The van der Waals surface area contributed by atoms with Crippen LogP contribution in [0.15, 0.2) is 18.2 Å². The third kappa shape index (κ3) is 2.85. The van der Waals surface area contributed by atoms with Crippen LogP contribution in [-0.4, -0.2) is 25.0 Å². The first-order valence-corrected chi connectivity index (χ1v) is 5.76. The van der Waals surface area contributed by atoms with E-state index in [0.717, 1.165) is 0 Å². The van der Waals surface area contributed by atoms with Crippen LogP contribution in [0.3, 0.4) is 0 Å². The Hall–Kier alpha value is -1.91. The molecule has 0 bridgehead atoms. The Morgan fingerprint density at radius 3 is 2.50 bits per heavy atom. The molecule has 98 valence electrons. The van der Waals surface area contributed by atoms with Crippen molar-refractivity contribution in [2.75, 3.05) is 18.1 Å². The molecule has 0 fully saturated rings. The summed E-state index contributed by atoms with van der Waals surface area (Å²) in [5.74, 6) is -1.73. The van der Waals surface area contributed by atoms with E-state index in [9.17, 15) is 14.0 Å². The molecule has 0 aliphatic carbocycles. The van der Waals surface area contributed by atoms with E-state index in [2.05, 4.69) is 0 Å². The van der Waals surface area contributed by atoms with Crippen LogP contribution in [-0.2, 0) is 9.53 Å². The van der Waals surface area contributed by atoms with Gasteiger partial charge in [0.05, 0.1) is 17.9 Å². The van der Waals surface area contributed by atoms with Crippen molar-refractivity contribution in [1.29, 1.82) is 0 Å². The molecule has 0 aliphatic heterocycles. The average molecular weight is 253 g/mol. The molecule has 0 N–H and O–H groups in total. The number of carbonyl (C=O) groups is 2. The zero-order valence-corrected chi connectivity index (χ0v) is 10.7. The van der Waals surface area contributed by atoms with E-state index in [-0.39, 0.29) is 23.8 Å². The lowest BCUT2D eigenvalue weighted by Gasteiger charge is -2.20. The van der Waals surface area contributed by atoms with E-state index < -0.39 is 11.8 Å². The lowest BCUT2D eigenvalue weighted by molar-refractivity contribution is -0.116. The monoisotopic (exact) mass is 253 g/mol. The van der Waals surface area contributed by atoms with E-state index in [1.54, 1.807) is 13.8 Å². The maximum atomic E-state index is 14.1. The lowest BCUT2D eigenvalue weighted by atomic mass is 10.1. The Kier molecular flexibility index (Phi) is 4.83. The van der Waals surface area contributed by atoms with Crippen molar-refractivity contribution < 1.29 is 18.7 Å². The summed E-state index contributed by atoms with van der Waals surface area (Å²) in [6.07, 6.45) is 0. The lowest BCUT2D eigenvalue weighted by Crippen LogP contribution is -2.29. The number of benzene rings is 1. The molecule has 1 aromatic carbocycles. The van der Waals surface area contributed by atoms with E-state index in [0.29, 0.717) is 6.54 Å². The molecular formula is C13H16FNO3. The number of ether oxygens (including phenoxy) is 1. The first-order valence-electron chi connectivity index (χ1n) is 5.76. The maximum absolute atomic E-state index is 14.1. The highest BCUT2D eigenvalue weighted by Gasteiger charge is 2.20. The van der Waals surface area contributed by atoms with Crippen molar-refractivity contribution in [2.24, 2.45) is 0 Å². The predicted molar refractivity (Wildman–Crippen MR) is 66.1 cm³/mol. The molecule has 0 saturated heterocycles. The molecule has 0 heterocycles. The SMILES string of the molecule is CCOC(=O)c1cccc(N(CC)C(C)=O)c1F. The number of carbonyl (C=O) groups excluding carboxylic acids is 2. The number of halogens is 1. The minimum atomic E-state index is -0.729. The number of esters is 1. The summed E-state index contributed by atoms with van der Waals surface area (Å²) in [6.45, 7) is 5.23. The second-order valence-electron chi connectivity index (χ2n) is 3.62. The molecule has 0 saturated carbocycles. The van der Waals surface area contributed by atoms with E-state index in [4.69, 9.17) is 4.74 Å². The van der Waals surface area contributed by atoms with Crippen LogP contribution in [0.2, 0.25) is 0 Å². The molecule has 0 unspecified atom stereocenters. The Morgan fingerprint density at radius 2 is 2.00 bits per heavy atom. The zero-order chi connectivity index (χ0) is 13.7. The van der Waals surface area contributed by atoms with Gasteiger partial charge in [0.15, 0.2) is 5.82 Å². The molecule has 5 heteroatoms. The smallest absolute Gasteiger partial charge is 0.341 e. The summed E-state index contributed by atoms with van der Waals surface area (Å²) < 4.78 is 18.9. The van der Waals surface area contributed by atoms with Crippen LogP contribution in [0.1, 0.15) is 31.1 Å². The molecular weight excluding hydrogens is 237 g/mol. The quantitative estimate of drug-likeness (QED) is 0.774. The molecule has 0 radical (unpaired) electrons. The predicted octanol–water partition coefficient (Wildman–Crippen LogP) is 2.38. The van der Waals surface area contributed by atoms with Crippen LogP contribution in [0.5, 0.6) is 0 Å². The molecule has 0 atom stereocenters. The van der Waals surface area contributed by atoms with Crippen LogP contribution < -0.4 is 4.90 Å². The highest BCUT2D eigenvalue weighted by molar-refractivity contribution is 5.95. The van der Waals surface area contributed by atoms with Gasteiger partial charge in [-0.05, 0) is 26.0 Å². The van der Waals surface area contributed by atoms with Gasteiger partial charge in [-0.15, -0.1) is 0 Å². The summed E-state index contributed by atoms with van der Waals surface area (Å²) in [5.41, 5.74) is -0.0652. The number of anilines is 1. The van der Waals surface area contributed by atoms with Crippen molar-refractivity contribution in [2.45, 2.75) is 20.8 Å². The summed E-state index contributed by atoms with van der Waals surface area (Å²) in [7, 11) is 0. The molecule has 1 amide bonds. The van der Waals surface area contributed by atoms with Gasteiger partial charge in [0, 0.05) is 13.5 Å². The largest absolute Gasteiger partial charge is 0.462 e. The van der Waals surface area contributed by atoms with Crippen LogP contribution in [0, 0.1) is 5.82 Å². The summed E-state index contributed by atoms with van der Waals surface area (Å²) in [5, 5.41) is 0. The summed E-state index contributed by atoms with van der Waals surface area (Å²) >= 11 is 0. The third-order valence-electron chi connectivity index (χ3n) is 2.46. The standard InChI is InChI=1S/C13H16FNO3/c1-4-15(9(3)16)11-8-6-7-10(12(11)14)13(17)18-5-2/h6-8H,4-5H2,1-3H3. The number of hydrogen-bond donors (Lipinski definition) is 0. The third-order valence-corrected chi connectivity index (χ3v) is 2.46. The van der Waals surface area contributed by atoms with E-state index in [1.165, 1.54) is 30.0 Å². The fraction of sp³-hybridized carbons (Fsp3) is 0.385. The minimum absolute atomic E-state index is 0.0931. The van der Waals surface area contributed by atoms with Crippen molar-refractivity contribution in [3.8, 4) is 0 Å². The summed E-state index contributed by atoms with van der Waals surface area (Å²) in [4.78, 5) is 24.2. The van der Waals surface area contributed by atoms with E-state index >= 15 is 0 Å². The maximum Gasteiger partial charge on any atom is 0.341 e. The molecule has 0 aliphatic rings. The van der Waals surface area contributed by atoms with Gasteiger partial charge in [-0.2, -0.15) is 0 Å². The van der Waals surface area contributed by atoms with Crippen molar-refractivity contribution >= 4 is 17.6 Å².